The topological polar surface area (TPSA) is 42.7 Å². The fourth-order valence-electron chi connectivity index (χ4n) is 2.79. The highest BCUT2D eigenvalue weighted by Crippen LogP contribution is 2.14. The molecule has 1 amide bonds. The van der Waals surface area contributed by atoms with E-state index in [2.05, 4.69) is 0 Å². The van der Waals surface area contributed by atoms with E-state index in [0.29, 0.717) is 19.5 Å². The lowest BCUT2D eigenvalue weighted by atomic mass is 10.1. The highest BCUT2D eigenvalue weighted by Gasteiger charge is 2.12. The molecule has 0 aliphatic rings. The van der Waals surface area contributed by atoms with Crippen molar-refractivity contribution in [1.82, 2.24) is 4.90 Å². The zero-order valence-electron chi connectivity index (χ0n) is 15.4. The molecule has 0 radical (unpaired) electrons. The van der Waals surface area contributed by atoms with Gasteiger partial charge < -0.3 is 14.1 Å². The molecule has 3 rings (SSSR count). The van der Waals surface area contributed by atoms with Crippen molar-refractivity contribution in [2.45, 2.75) is 13.0 Å². The second kappa shape index (κ2) is 9.43. The maximum absolute atomic E-state index is 12.8. The van der Waals surface area contributed by atoms with Crippen LogP contribution in [0.1, 0.15) is 16.9 Å². The molecule has 4 nitrogen and oxygen atoms in total. The minimum Gasteiger partial charge on any atom is -0.497 e. The average Bonchev–Trinajstić information content (AvgIpc) is 3.24. The third-order valence-corrected chi connectivity index (χ3v) is 4.25. The number of carbonyl (C=O) groups is 1. The van der Waals surface area contributed by atoms with Gasteiger partial charge in [0.05, 0.1) is 13.4 Å². The molecule has 3 aromatic rings. The molecule has 0 aliphatic heterocycles. The molecule has 0 spiro atoms. The minimum atomic E-state index is -0.0340. The molecule has 4 heteroatoms. The Hall–Kier alpha value is -3.27. The number of nitrogens with zero attached hydrogens (tertiary/aromatic N) is 1. The van der Waals surface area contributed by atoms with Gasteiger partial charge in [-0.1, -0.05) is 42.5 Å². The van der Waals surface area contributed by atoms with E-state index >= 15 is 0 Å². The van der Waals surface area contributed by atoms with E-state index in [1.54, 1.807) is 19.4 Å². The van der Waals surface area contributed by atoms with Crippen LogP contribution >= 0.6 is 0 Å². The molecule has 1 aromatic heterocycles. The summed E-state index contributed by atoms with van der Waals surface area (Å²) >= 11 is 0. The first kappa shape index (κ1) is 18.5. The Balaban J connectivity index is 1.71. The first-order chi connectivity index (χ1) is 13.2. The third kappa shape index (κ3) is 5.61. The summed E-state index contributed by atoms with van der Waals surface area (Å²) in [7, 11) is 1.63. The SMILES string of the molecule is COc1cccc(/C=C/C(=O)N(CCc2ccco2)Cc2ccccc2)c1. The van der Waals surface area contributed by atoms with E-state index in [9.17, 15) is 4.79 Å². The van der Waals surface area contributed by atoms with Crippen molar-refractivity contribution in [1.29, 1.82) is 0 Å². The summed E-state index contributed by atoms with van der Waals surface area (Å²) in [4.78, 5) is 14.6. The van der Waals surface area contributed by atoms with E-state index in [1.807, 2.05) is 77.7 Å². The van der Waals surface area contributed by atoms with Crippen molar-refractivity contribution in [3.05, 3.63) is 96.0 Å². The summed E-state index contributed by atoms with van der Waals surface area (Å²) in [6, 6.07) is 21.4. The van der Waals surface area contributed by atoms with Gasteiger partial charge in [-0.2, -0.15) is 0 Å². The van der Waals surface area contributed by atoms with Crippen LogP contribution in [0.15, 0.2) is 83.5 Å². The highest BCUT2D eigenvalue weighted by atomic mass is 16.5. The number of furan rings is 1. The van der Waals surface area contributed by atoms with Crippen molar-refractivity contribution in [2.75, 3.05) is 13.7 Å². The minimum absolute atomic E-state index is 0.0340. The van der Waals surface area contributed by atoms with E-state index in [-0.39, 0.29) is 5.91 Å². The molecule has 0 saturated carbocycles. The van der Waals surface area contributed by atoms with Crippen LogP contribution in [0.3, 0.4) is 0 Å². The van der Waals surface area contributed by atoms with Crippen molar-refractivity contribution in [3.8, 4) is 5.75 Å². The molecule has 27 heavy (non-hydrogen) atoms. The predicted octanol–water partition coefficient (Wildman–Crippen LogP) is 4.57. The number of amides is 1. The van der Waals surface area contributed by atoms with Crippen LogP contribution in [0.5, 0.6) is 5.75 Å². The average molecular weight is 361 g/mol. The first-order valence-corrected chi connectivity index (χ1v) is 8.92. The van der Waals surface area contributed by atoms with Crippen LogP contribution in [0.2, 0.25) is 0 Å². The van der Waals surface area contributed by atoms with Gasteiger partial charge in [-0.05, 0) is 41.5 Å². The van der Waals surface area contributed by atoms with Gasteiger partial charge in [0.1, 0.15) is 11.5 Å². The lowest BCUT2D eigenvalue weighted by Gasteiger charge is -2.21. The summed E-state index contributed by atoms with van der Waals surface area (Å²) < 4.78 is 10.6. The van der Waals surface area contributed by atoms with Crippen molar-refractivity contribution < 1.29 is 13.9 Å². The third-order valence-electron chi connectivity index (χ3n) is 4.25. The number of benzene rings is 2. The predicted molar refractivity (Wildman–Crippen MR) is 106 cm³/mol. The zero-order chi connectivity index (χ0) is 18.9. The lowest BCUT2D eigenvalue weighted by molar-refractivity contribution is -0.126. The molecule has 0 N–H and O–H groups in total. The van der Waals surface area contributed by atoms with Crippen LogP contribution in [-0.4, -0.2) is 24.5 Å². The molecule has 0 bridgehead atoms. The van der Waals surface area contributed by atoms with E-state index in [4.69, 9.17) is 9.15 Å². The Kier molecular flexibility index (Phi) is 6.47. The normalized spacial score (nSPS) is 10.9. The molecular formula is C23H23NO3. The number of ether oxygens (including phenoxy) is 1. The fraction of sp³-hybridized carbons (Fsp3) is 0.174. The smallest absolute Gasteiger partial charge is 0.246 e. The van der Waals surface area contributed by atoms with Crippen molar-refractivity contribution in [3.63, 3.8) is 0 Å². The maximum atomic E-state index is 12.8. The summed E-state index contributed by atoms with van der Waals surface area (Å²) in [5, 5.41) is 0. The Morgan fingerprint density at radius 1 is 1.07 bits per heavy atom. The van der Waals surface area contributed by atoms with Gasteiger partial charge in [0, 0.05) is 25.6 Å². The summed E-state index contributed by atoms with van der Waals surface area (Å²) in [6.07, 6.45) is 5.76. The lowest BCUT2D eigenvalue weighted by Crippen LogP contribution is -2.31. The molecular weight excluding hydrogens is 338 g/mol. The second-order valence-corrected chi connectivity index (χ2v) is 6.18. The van der Waals surface area contributed by atoms with Crippen molar-refractivity contribution in [2.24, 2.45) is 0 Å². The Labute approximate surface area is 159 Å². The number of carbonyl (C=O) groups excluding carboxylic acids is 1. The standard InChI is InChI=1S/C23H23NO3/c1-26-22-10-5-9-19(17-22)12-13-23(25)24(15-14-21-11-6-16-27-21)18-20-7-3-2-4-8-20/h2-13,16-17H,14-15,18H2,1H3/b13-12+. The first-order valence-electron chi connectivity index (χ1n) is 8.92. The quantitative estimate of drug-likeness (QED) is 0.552. The number of methoxy groups -OCH3 is 1. The molecule has 0 saturated heterocycles. The maximum Gasteiger partial charge on any atom is 0.246 e. The monoisotopic (exact) mass is 361 g/mol. The zero-order valence-corrected chi connectivity index (χ0v) is 15.4. The molecule has 0 unspecified atom stereocenters. The van der Waals surface area contributed by atoms with Crippen LogP contribution in [0.25, 0.3) is 6.08 Å². The number of hydrogen-bond acceptors (Lipinski definition) is 3. The second-order valence-electron chi connectivity index (χ2n) is 6.18. The molecule has 0 atom stereocenters. The summed E-state index contributed by atoms with van der Waals surface area (Å²) in [6.45, 7) is 1.15. The molecule has 0 aliphatic carbocycles. The Morgan fingerprint density at radius 3 is 2.67 bits per heavy atom. The van der Waals surface area contributed by atoms with Gasteiger partial charge in [-0.3, -0.25) is 4.79 Å². The molecule has 0 fully saturated rings. The van der Waals surface area contributed by atoms with Gasteiger partial charge in [-0.15, -0.1) is 0 Å². The molecule has 138 valence electrons. The van der Waals surface area contributed by atoms with E-state index < -0.39 is 0 Å². The fourth-order valence-corrected chi connectivity index (χ4v) is 2.79. The van der Waals surface area contributed by atoms with Gasteiger partial charge in [0.15, 0.2) is 0 Å². The Bertz CT molecular complexity index is 870. The van der Waals surface area contributed by atoms with E-state index in [0.717, 1.165) is 22.6 Å². The largest absolute Gasteiger partial charge is 0.497 e. The van der Waals surface area contributed by atoms with Crippen LogP contribution in [-0.2, 0) is 17.8 Å². The van der Waals surface area contributed by atoms with Gasteiger partial charge in [-0.25, -0.2) is 0 Å². The molecule has 1 heterocycles. The summed E-state index contributed by atoms with van der Waals surface area (Å²) in [5.74, 6) is 1.61. The Morgan fingerprint density at radius 2 is 1.93 bits per heavy atom. The van der Waals surface area contributed by atoms with Gasteiger partial charge in [0.25, 0.3) is 0 Å². The number of rotatable bonds is 8. The molecule has 2 aromatic carbocycles. The van der Waals surface area contributed by atoms with Crippen molar-refractivity contribution >= 4 is 12.0 Å². The van der Waals surface area contributed by atoms with Gasteiger partial charge in [0.2, 0.25) is 5.91 Å². The van der Waals surface area contributed by atoms with E-state index in [1.165, 1.54) is 0 Å². The van der Waals surface area contributed by atoms with Crippen LogP contribution < -0.4 is 4.74 Å². The summed E-state index contributed by atoms with van der Waals surface area (Å²) in [5.41, 5.74) is 2.02. The van der Waals surface area contributed by atoms with Crippen LogP contribution in [0, 0.1) is 0 Å². The highest BCUT2D eigenvalue weighted by molar-refractivity contribution is 5.91. The van der Waals surface area contributed by atoms with Gasteiger partial charge >= 0.3 is 0 Å². The van der Waals surface area contributed by atoms with Crippen LogP contribution in [0.4, 0.5) is 0 Å². The number of hydrogen-bond donors (Lipinski definition) is 0.